The number of benzene rings is 2. The summed E-state index contributed by atoms with van der Waals surface area (Å²) in [6.07, 6.45) is 1.90. The third kappa shape index (κ3) is 2.81. The number of rotatable bonds is 3. The monoisotopic (exact) mass is 299 g/mol. The van der Waals surface area contributed by atoms with Crippen molar-refractivity contribution in [2.24, 2.45) is 0 Å². The first-order valence-electron chi connectivity index (χ1n) is 7.66. The second-order valence-corrected chi connectivity index (χ2v) is 5.70. The van der Waals surface area contributed by atoms with Crippen LogP contribution in [0.4, 0.5) is 11.5 Å². The Bertz CT molecular complexity index is 955. The fourth-order valence-electron chi connectivity index (χ4n) is 2.74. The van der Waals surface area contributed by atoms with E-state index in [4.69, 9.17) is 0 Å². The van der Waals surface area contributed by atoms with Crippen molar-refractivity contribution in [1.82, 2.24) is 9.97 Å². The van der Waals surface area contributed by atoms with E-state index < -0.39 is 0 Å². The molecule has 0 fully saturated rings. The van der Waals surface area contributed by atoms with Crippen LogP contribution in [0.2, 0.25) is 0 Å². The maximum Gasteiger partial charge on any atom is 0.132 e. The zero-order chi connectivity index (χ0) is 15.6. The molecule has 0 saturated heterocycles. The number of nitrogens with one attached hydrogen (secondary N) is 2. The topological polar surface area (TPSA) is 40.7 Å². The van der Waals surface area contributed by atoms with Gasteiger partial charge in [0.15, 0.2) is 0 Å². The number of pyridine rings is 1. The van der Waals surface area contributed by atoms with E-state index in [-0.39, 0.29) is 0 Å². The highest BCUT2D eigenvalue weighted by Crippen LogP contribution is 2.26. The SMILES string of the molecule is Cc1cccc(Nc2cc3[nH]c(-c4ccccc4)cc3cn2)c1. The highest BCUT2D eigenvalue weighted by atomic mass is 15.0. The number of H-pyrrole nitrogens is 1. The van der Waals surface area contributed by atoms with Crippen LogP contribution in [0.1, 0.15) is 5.56 Å². The van der Waals surface area contributed by atoms with Gasteiger partial charge in [-0.05, 0) is 36.2 Å². The van der Waals surface area contributed by atoms with Crippen LogP contribution in [0.3, 0.4) is 0 Å². The number of nitrogens with zero attached hydrogens (tertiary/aromatic N) is 1. The van der Waals surface area contributed by atoms with Gasteiger partial charge in [-0.25, -0.2) is 4.98 Å². The normalized spacial score (nSPS) is 10.8. The summed E-state index contributed by atoms with van der Waals surface area (Å²) in [5, 5.41) is 4.46. The molecule has 2 aromatic heterocycles. The van der Waals surface area contributed by atoms with E-state index in [2.05, 4.69) is 52.5 Å². The van der Waals surface area contributed by atoms with Crippen molar-refractivity contribution in [3.63, 3.8) is 0 Å². The first-order valence-corrected chi connectivity index (χ1v) is 7.66. The first kappa shape index (κ1) is 13.6. The molecule has 3 nitrogen and oxygen atoms in total. The molecule has 4 rings (SSSR count). The highest BCUT2D eigenvalue weighted by molar-refractivity contribution is 5.87. The standard InChI is InChI=1S/C20H17N3/c1-14-6-5-9-17(10-14)22-20-12-19-16(13-21-20)11-18(23-19)15-7-3-2-4-8-15/h2-13,23H,1H3,(H,21,22). The van der Waals surface area contributed by atoms with Crippen LogP contribution < -0.4 is 5.32 Å². The molecule has 0 aliphatic rings. The zero-order valence-corrected chi connectivity index (χ0v) is 12.9. The summed E-state index contributed by atoms with van der Waals surface area (Å²) in [5.41, 5.74) is 5.63. The summed E-state index contributed by atoms with van der Waals surface area (Å²) in [5.74, 6) is 0.838. The molecule has 2 aromatic carbocycles. The van der Waals surface area contributed by atoms with Crippen molar-refractivity contribution in [3.05, 3.63) is 78.5 Å². The third-order valence-electron chi connectivity index (χ3n) is 3.88. The lowest BCUT2D eigenvalue weighted by Crippen LogP contribution is -1.93. The summed E-state index contributed by atoms with van der Waals surface area (Å²) in [4.78, 5) is 7.98. The van der Waals surface area contributed by atoms with Crippen LogP contribution in [-0.4, -0.2) is 9.97 Å². The quantitative estimate of drug-likeness (QED) is 0.540. The molecule has 0 saturated carbocycles. The van der Waals surface area contributed by atoms with Crippen molar-refractivity contribution < 1.29 is 0 Å². The maximum atomic E-state index is 4.51. The molecule has 0 aliphatic heterocycles. The molecule has 0 spiro atoms. The molecule has 23 heavy (non-hydrogen) atoms. The Morgan fingerprint density at radius 1 is 0.913 bits per heavy atom. The zero-order valence-electron chi connectivity index (χ0n) is 12.9. The minimum absolute atomic E-state index is 0.838. The minimum atomic E-state index is 0.838. The van der Waals surface area contributed by atoms with E-state index in [1.54, 1.807) is 0 Å². The van der Waals surface area contributed by atoms with Gasteiger partial charge >= 0.3 is 0 Å². The fourth-order valence-corrected chi connectivity index (χ4v) is 2.74. The smallest absolute Gasteiger partial charge is 0.132 e. The number of hydrogen-bond acceptors (Lipinski definition) is 2. The molecule has 112 valence electrons. The number of aromatic nitrogens is 2. The Morgan fingerprint density at radius 2 is 1.78 bits per heavy atom. The van der Waals surface area contributed by atoms with Gasteiger partial charge in [-0.15, -0.1) is 0 Å². The van der Waals surface area contributed by atoms with Gasteiger partial charge in [0.25, 0.3) is 0 Å². The molecular formula is C20H17N3. The number of hydrogen-bond donors (Lipinski definition) is 2. The number of anilines is 2. The molecule has 0 atom stereocenters. The highest BCUT2D eigenvalue weighted by Gasteiger charge is 2.05. The van der Waals surface area contributed by atoms with E-state index in [0.29, 0.717) is 0 Å². The fraction of sp³-hybridized carbons (Fsp3) is 0.0500. The van der Waals surface area contributed by atoms with Crippen molar-refractivity contribution in [2.75, 3.05) is 5.32 Å². The van der Waals surface area contributed by atoms with Gasteiger partial charge in [0, 0.05) is 29.0 Å². The Hall–Kier alpha value is -3.07. The lowest BCUT2D eigenvalue weighted by molar-refractivity contribution is 1.32. The van der Waals surface area contributed by atoms with Gasteiger partial charge in [0.1, 0.15) is 5.82 Å². The molecule has 0 aliphatic carbocycles. The van der Waals surface area contributed by atoms with Gasteiger partial charge < -0.3 is 10.3 Å². The summed E-state index contributed by atoms with van der Waals surface area (Å²) in [6, 6.07) is 22.8. The van der Waals surface area contributed by atoms with Crippen molar-refractivity contribution in [1.29, 1.82) is 0 Å². The molecule has 0 radical (unpaired) electrons. The van der Waals surface area contributed by atoms with E-state index in [1.165, 1.54) is 11.1 Å². The molecule has 4 aromatic rings. The number of aromatic amines is 1. The van der Waals surface area contributed by atoms with E-state index in [9.17, 15) is 0 Å². The second kappa shape index (κ2) is 5.61. The second-order valence-electron chi connectivity index (χ2n) is 5.70. The Balaban J connectivity index is 1.68. The molecule has 0 amide bonds. The van der Waals surface area contributed by atoms with Gasteiger partial charge in [0.05, 0.1) is 5.52 Å². The van der Waals surface area contributed by atoms with E-state index >= 15 is 0 Å². The van der Waals surface area contributed by atoms with Crippen molar-refractivity contribution in [2.45, 2.75) is 6.92 Å². The van der Waals surface area contributed by atoms with Crippen LogP contribution in [0.5, 0.6) is 0 Å². The average molecular weight is 299 g/mol. The molecule has 0 bridgehead atoms. The van der Waals surface area contributed by atoms with Crippen molar-refractivity contribution >= 4 is 22.4 Å². The summed E-state index contributed by atoms with van der Waals surface area (Å²) < 4.78 is 0. The van der Waals surface area contributed by atoms with Crippen LogP contribution in [0, 0.1) is 6.92 Å². The van der Waals surface area contributed by atoms with Crippen LogP contribution in [0.15, 0.2) is 72.9 Å². The molecular weight excluding hydrogens is 282 g/mol. The van der Waals surface area contributed by atoms with E-state index in [1.807, 2.05) is 42.6 Å². The predicted octanol–water partition coefficient (Wildman–Crippen LogP) is 5.28. The molecule has 3 heteroatoms. The Labute approximate surface area is 135 Å². The average Bonchev–Trinajstić information content (AvgIpc) is 2.99. The van der Waals surface area contributed by atoms with Gasteiger partial charge in [-0.3, -0.25) is 0 Å². The van der Waals surface area contributed by atoms with Crippen LogP contribution >= 0.6 is 0 Å². The number of aryl methyl sites for hydroxylation is 1. The number of fused-ring (bicyclic) bond motifs is 1. The summed E-state index contributed by atoms with van der Waals surface area (Å²) in [7, 11) is 0. The van der Waals surface area contributed by atoms with E-state index in [0.717, 1.165) is 28.1 Å². The predicted molar refractivity (Wildman–Crippen MR) is 96.0 cm³/mol. The Morgan fingerprint density at radius 3 is 2.61 bits per heavy atom. The van der Waals surface area contributed by atoms with Gasteiger partial charge in [-0.2, -0.15) is 0 Å². The molecule has 2 N–H and O–H groups in total. The minimum Gasteiger partial charge on any atom is -0.354 e. The lowest BCUT2D eigenvalue weighted by Gasteiger charge is -2.06. The van der Waals surface area contributed by atoms with Crippen molar-refractivity contribution in [3.8, 4) is 11.3 Å². The van der Waals surface area contributed by atoms with Gasteiger partial charge in [0.2, 0.25) is 0 Å². The largest absolute Gasteiger partial charge is 0.354 e. The lowest BCUT2D eigenvalue weighted by atomic mass is 10.1. The van der Waals surface area contributed by atoms with Crippen LogP contribution in [0.25, 0.3) is 22.2 Å². The summed E-state index contributed by atoms with van der Waals surface area (Å²) >= 11 is 0. The van der Waals surface area contributed by atoms with Crippen LogP contribution in [-0.2, 0) is 0 Å². The molecule has 0 unspecified atom stereocenters. The maximum absolute atomic E-state index is 4.51. The molecule has 2 heterocycles. The third-order valence-corrected chi connectivity index (χ3v) is 3.88. The van der Waals surface area contributed by atoms with Gasteiger partial charge in [-0.1, -0.05) is 42.5 Å². The Kier molecular flexibility index (Phi) is 3.31. The summed E-state index contributed by atoms with van der Waals surface area (Å²) in [6.45, 7) is 2.08. The first-order chi connectivity index (χ1) is 11.3.